The molecule has 3 fully saturated rings. The van der Waals surface area contributed by atoms with Gasteiger partial charge in [-0.25, -0.2) is 4.98 Å². The molecular weight excluding hydrogens is 484 g/mol. The highest BCUT2D eigenvalue weighted by Crippen LogP contribution is 2.40. The molecule has 10 heteroatoms. The average Bonchev–Trinajstić information content (AvgIpc) is 3.26. The first-order valence-corrected chi connectivity index (χ1v) is 12.6. The number of ether oxygens (including phenoxy) is 4. The van der Waals surface area contributed by atoms with Crippen molar-refractivity contribution >= 4 is 11.4 Å². The van der Waals surface area contributed by atoms with Crippen LogP contribution < -0.4 is 14.2 Å². The van der Waals surface area contributed by atoms with E-state index in [1.54, 1.807) is 12.3 Å². The predicted octanol–water partition coefficient (Wildman–Crippen LogP) is 4.45. The zero-order chi connectivity index (χ0) is 25.5. The van der Waals surface area contributed by atoms with E-state index in [1.165, 1.54) is 13.2 Å². The van der Waals surface area contributed by atoms with Gasteiger partial charge in [0.05, 0.1) is 31.7 Å². The fourth-order valence-electron chi connectivity index (χ4n) is 5.35. The van der Waals surface area contributed by atoms with Crippen LogP contribution in [0.5, 0.6) is 17.2 Å². The Labute approximate surface area is 213 Å². The molecule has 0 amide bonds. The average molecular weight is 514 g/mol. The van der Waals surface area contributed by atoms with Crippen molar-refractivity contribution in [1.82, 2.24) is 14.3 Å². The molecule has 0 N–H and O–H groups in total. The molecular formula is C27H29F2N3O5. The number of hydrogen-bond donors (Lipinski definition) is 0. The quantitative estimate of drug-likeness (QED) is 0.351. The van der Waals surface area contributed by atoms with E-state index in [1.807, 2.05) is 22.7 Å². The highest BCUT2D eigenvalue weighted by Gasteiger charge is 2.38. The summed E-state index contributed by atoms with van der Waals surface area (Å²) in [6.45, 7) is 0.0981. The number of carbonyl (C=O) groups excluding carboxylic acids is 1. The van der Waals surface area contributed by atoms with Gasteiger partial charge in [0.25, 0.3) is 0 Å². The van der Waals surface area contributed by atoms with Crippen LogP contribution in [0.2, 0.25) is 0 Å². The summed E-state index contributed by atoms with van der Waals surface area (Å²) < 4.78 is 50.3. The lowest BCUT2D eigenvalue weighted by Crippen LogP contribution is -2.39. The second-order valence-electron chi connectivity index (χ2n) is 9.92. The van der Waals surface area contributed by atoms with Crippen molar-refractivity contribution in [2.24, 2.45) is 5.92 Å². The van der Waals surface area contributed by atoms with Gasteiger partial charge in [0, 0.05) is 43.4 Å². The maximum Gasteiger partial charge on any atom is 0.387 e. The molecule has 2 aliphatic heterocycles. The van der Waals surface area contributed by atoms with E-state index in [0.29, 0.717) is 53.7 Å². The van der Waals surface area contributed by atoms with E-state index >= 15 is 0 Å². The minimum atomic E-state index is -3.07. The first kappa shape index (κ1) is 24.1. The van der Waals surface area contributed by atoms with Gasteiger partial charge in [0.2, 0.25) is 0 Å². The van der Waals surface area contributed by atoms with Crippen LogP contribution in [0.1, 0.15) is 36.0 Å². The van der Waals surface area contributed by atoms with Crippen LogP contribution in [-0.2, 0) is 4.74 Å². The number of hydrogen-bond acceptors (Lipinski definition) is 7. The van der Waals surface area contributed by atoms with Gasteiger partial charge in [-0.2, -0.15) is 8.78 Å². The minimum Gasteiger partial charge on any atom is -0.496 e. The minimum absolute atomic E-state index is 0.0562. The lowest BCUT2D eigenvalue weighted by atomic mass is 10.00. The molecule has 3 aliphatic rings. The number of benzene rings is 1. The summed E-state index contributed by atoms with van der Waals surface area (Å²) >= 11 is 0. The van der Waals surface area contributed by atoms with Gasteiger partial charge in [-0.3, -0.25) is 14.1 Å². The molecule has 2 aromatic heterocycles. The molecule has 0 spiro atoms. The van der Waals surface area contributed by atoms with Gasteiger partial charge in [0.15, 0.2) is 5.78 Å². The number of imidazole rings is 1. The summed E-state index contributed by atoms with van der Waals surface area (Å²) in [4.78, 5) is 19.8. The molecule has 6 rings (SSSR count). The Morgan fingerprint density at radius 2 is 2.08 bits per heavy atom. The summed E-state index contributed by atoms with van der Waals surface area (Å²) in [7, 11) is 1.41. The monoisotopic (exact) mass is 513 g/mol. The van der Waals surface area contributed by atoms with Crippen LogP contribution in [0.15, 0.2) is 36.7 Å². The maximum absolute atomic E-state index is 13.3. The number of rotatable bonds is 11. The van der Waals surface area contributed by atoms with Crippen LogP contribution in [0.3, 0.4) is 0 Å². The Bertz CT molecular complexity index is 1310. The van der Waals surface area contributed by atoms with Crippen molar-refractivity contribution in [3.05, 3.63) is 42.2 Å². The number of nitrogens with zero attached hydrogens (tertiary/aromatic N) is 3. The fraction of sp³-hybridized carbons (Fsp3) is 0.481. The van der Waals surface area contributed by atoms with Gasteiger partial charge in [-0.15, -0.1) is 0 Å². The first-order valence-electron chi connectivity index (χ1n) is 12.6. The molecule has 1 saturated carbocycles. The number of aromatic nitrogens is 2. The van der Waals surface area contributed by atoms with E-state index in [0.717, 1.165) is 39.0 Å². The normalized spacial score (nSPS) is 21.2. The van der Waals surface area contributed by atoms with Crippen LogP contribution in [-0.4, -0.2) is 72.2 Å². The van der Waals surface area contributed by atoms with Gasteiger partial charge in [-0.1, -0.05) is 0 Å². The van der Waals surface area contributed by atoms with Gasteiger partial charge in [-0.05, 0) is 43.4 Å². The number of ketones is 1. The molecule has 37 heavy (non-hydrogen) atoms. The number of halogens is 2. The Morgan fingerprint density at radius 3 is 2.78 bits per heavy atom. The first-order chi connectivity index (χ1) is 18.0. The molecule has 2 atom stereocenters. The maximum atomic E-state index is 13.3. The van der Waals surface area contributed by atoms with E-state index in [4.69, 9.17) is 18.9 Å². The summed E-state index contributed by atoms with van der Waals surface area (Å²) in [5.41, 5.74) is 1.89. The fourth-order valence-corrected chi connectivity index (χ4v) is 5.35. The number of Topliss-reactive ketones (excluding diaryl/α,β-unsaturated/α-hetero) is 1. The molecule has 3 aromatic rings. The number of likely N-dealkylation sites (tertiary alicyclic amines) is 1. The molecule has 196 valence electrons. The topological polar surface area (TPSA) is 74.5 Å². The highest BCUT2D eigenvalue weighted by molar-refractivity contribution is 6.02. The van der Waals surface area contributed by atoms with E-state index < -0.39 is 6.61 Å². The Hall–Kier alpha value is -3.24. The molecule has 4 heterocycles. The van der Waals surface area contributed by atoms with Gasteiger partial charge in [0.1, 0.15) is 35.1 Å². The van der Waals surface area contributed by atoms with Crippen molar-refractivity contribution in [2.45, 2.75) is 44.4 Å². The Morgan fingerprint density at radius 1 is 1.24 bits per heavy atom. The number of alkyl halides is 2. The number of carbonyl (C=O) groups is 1. The summed E-state index contributed by atoms with van der Waals surface area (Å²) in [6.07, 6.45) is 7.17. The third-order valence-electron chi connectivity index (χ3n) is 7.39. The van der Waals surface area contributed by atoms with Crippen LogP contribution >= 0.6 is 0 Å². The van der Waals surface area contributed by atoms with Crippen molar-refractivity contribution in [3.8, 4) is 28.5 Å². The smallest absolute Gasteiger partial charge is 0.387 e. The highest BCUT2D eigenvalue weighted by atomic mass is 19.3. The molecule has 1 aliphatic carbocycles. The zero-order valence-corrected chi connectivity index (χ0v) is 20.6. The summed E-state index contributed by atoms with van der Waals surface area (Å²) in [6, 6.07) is 7.30. The summed E-state index contributed by atoms with van der Waals surface area (Å²) in [5.74, 6) is 0.757. The zero-order valence-electron chi connectivity index (χ0n) is 20.6. The number of morpholine rings is 1. The van der Waals surface area contributed by atoms with Crippen molar-refractivity contribution in [3.63, 3.8) is 0 Å². The van der Waals surface area contributed by atoms with Crippen molar-refractivity contribution in [1.29, 1.82) is 0 Å². The standard InChI is InChI=1S/C27H29F2N3O5/c1-34-23-9-17(10-24(37-27(28)29)26(23)22(33)8-16-2-3-16)21-13-30-25-12-19(4-5-32(21)25)35-7-6-31-14-20-11-18(31)15-36-20/h4-5,9-10,12-13,16,18,20,27H,2-3,6-8,11,14-15H2,1H3/t18-,20-/m0/s1. The summed E-state index contributed by atoms with van der Waals surface area (Å²) in [5, 5.41) is 0. The van der Waals surface area contributed by atoms with Gasteiger partial charge < -0.3 is 18.9 Å². The molecule has 0 radical (unpaired) electrons. The lowest BCUT2D eigenvalue weighted by molar-refractivity contribution is -0.0502. The largest absolute Gasteiger partial charge is 0.496 e. The molecule has 2 bridgehead atoms. The van der Waals surface area contributed by atoms with Crippen LogP contribution in [0, 0.1) is 5.92 Å². The molecule has 8 nitrogen and oxygen atoms in total. The number of methoxy groups -OCH3 is 1. The second kappa shape index (κ2) is 9.90. The lowest BCUT2D eigenvalue weighted by Gasteiger charge is -2.26. The third kappa shape index (κ3) is 5.00. The van der Waals surface area contributed by atoms with Crippen molar-refractivity contribution in [2.75, 3.05) is 33.4 Å². The third-order valence-corrected chi connectivity index (χ3v) is 7.39. The van der Waals surface area contributed by atoms with E-state index in [9.17, 15) is 13.6 Å². The van der Waals surface area contributed by atoms with Crippen LogP contribution in [0.4, 0.5) is 8.78 Å². The molecule has 0 unspecified atom stereocenters. The van der Waals surface area contributed by atoms with Crippen LogP contribution in [0.25, 0.3) is 16.9 Å². The molecule has 2 saturated heterocycles. The van der Waals surface area contributed by atoms with Crippen molar-refractivity contribution < 1.29 is 32.5 Å². The Balaban J connectivity index is 1.23. The predicted molar refractivity (Wildman–Crippen MR) is 131 cm³/mol. The van der Waals surface area contributed by atoms with Gasteiger partial charge >= 0.3 is 6.61 Å². The number of fused-ring (bicyclic) bond motifs is 3. The van der Waals surface area contributed by atoms with E-state index in [2.05, 4.69) is 9.88 Å². The Kier molecular flexibility index (Phi) is 6.46. The SMILES string of the molecule is COc1cc(-c2cnc3cc(OCCN4C[C@@H]5C[C@H]4CO5)ccn23)cc(OC(F)F)c1C(=O)CC1CC1. The molecule has 1 aromatic carbocycles. The number of pyridine rings is 1. The second-order valence-corrected chi connectivity index (χ2v) is 9.92. The van der Waals surface area contributed by atoms with E-state index in [-0.39, 0.29) is 22.8 Å².